The zero-order valence-electron chi connectivity index (χ0n) is 20.1. The van der Waals surface area contributed by atoms with Crippen LogP contribution in [0.3, 0.4) is 0 Å². The highest BCUT2D eigenvalue weighted by atomic mass is 32.2. The number of hydrogen-bond acceptors (Lipinski definition) is 6. The standard InChI is InChI=1S/C26H33N3O5S/c1-21(30)23-6-5-9-25(20-23)35(32,33)29-12-10-22(11-13-29)26(31)28-16-14-27(15-17-28)18-19-34-24-7-3-2-4-8-24/h2-9,20,22H,10-19H2,1H3. The van der Waals surface area contributed by atoms with Gasteiger partial charge in [0.2, 0.25) is 15.9 Å². The van der Waals surface area contributed by atoms with Crippen LogP contribution in [0, 0.1) is 5.92 Å². The fourth-order valence-corrected chi connectivity index (χ4v) is 6.14. The van der Waals surface area contributed by atoms with Gasteiger partial charge in [0.25, 0.3) is 0 Å². The lowest BCUT2D eigenvalue weighted by molar-refractivity contribution is -0.138. The van der Waals surface area contributed by atoms with Gasteiger partial charge in [0.15, 0.2) is 5.78 Å². The van der Waals surface area contributed by atoms with Crippen LogP contribution in [-0.2, 0) is 14.8 Å². The fourth-order valence-electron chi connectivity index (χ4n) is 4.63. The maximum atomic E-state index is 13.1. The normalized spacial score (nSPS) is 18.4. The van der Waals surface area contributed by atoms with Crippen molar-refractivity contribution in [3.8, 4) is 5.75 Å². The molecule has 9 heteroatoms. The summed E-state index contributed by atoms with van der Waals surface area (Å²) in [5.74, 6) is 0.662. The first kappa shape index (κ1) is 25.3. The number of piperazine rings is 1. The Hall–Kier alpha value is -2.75. The molecule has 0 bridgehead atoms. The molecule has 2 aliphatic rings. The summed E-state index contributed by atoms with van der Waals surface area (Å²) in [5.41, 5.74) is 0.377. The molecule has 0 radical (unpaired) electrons. The van der Waals surface area contributed by atoms with E-state index in [2.05, 4.69) is 4.90 Å². The Balaban J connectivity index is 1.23. The Morgan fingerprint density at radius 2 is 1.60 bits per heavy atom. The SMILES string of the molecule is CC(=O)c1cccc(S(=O)(=O)N2CCC(C(=O)N3CCN(CCOc4ccccc4)CC3)CC2)c1. The van der Waals surface area contributed by atoms with Gasteiger partial charge in [-0.1, -0.05) is 30.3 Å². The number of Topliss-reactive ketones (excluding diaryl/α,β-unsaturated/α-hetero) is 1. The second kappa shape index (κ2) is 11.3. The van der Waals surface area contributed by atoms with E-state index < -0.39 is 10.0 Å². The smallest absolute Gasteiger partial charge is 0.243 e. The van der Waals surface area contributed by atoms with Crippen molar-refractivity contribution >= 4 is 21.7 Å². The average Bonchev–Trinajstić information content (AvgIpc) is 2.89. The maximum absolute atomic E-state index is 13.1. The van der Waals surface area contributed by atoms with Crippen molar-refractivity contribution in [2.24, 2.45) is 5.92 Å². The molecule has 0 unspecified atom stereocenters. The van der Waals surface area contributed by atoms with Crippen LogP contribution >= 0.6 is 0 Å². The molecule has 4 rings (SSSR count). The van der Waals surface area contributed by atoms with Crippen molar-refractivity contribution < 1.29 is 22.7 Å². The quantitative estimate of drug-likeness (QED) is 0.519. The maximum Gasteiger partial charge on any atom is 0.243 e. The van der Waals surface area contributed by atoms with Crippen LogP contribution in [0.2, 0.25) is 0 Å². The Morgan fingerprint density at radius 1 is 0.914 bits per heavy atom. The Morgan fingerprint density at radius 3 is 2.26 bits per heavy atom. The third kappa shape index (κ3) is 6.28. The van der Waals surface area contributed by atoms with E-state index in [1.165, 1.54) is 23.4 Å². The molecular formula is C26H33N3O5S. The number of piperidine rings is 1. The van der Waals surface area contributed by atoms with Crippen molar-refractivity contribution in [2.45, 2.75) is 24.7 Å². The third-order valence-electron chi connectivity index (χ3n) is 6.78. The summed E-state index contributed by atoms with van der Waals surface area (Å²) in [5, 5.41) is 0. The van der Waals surface area contributed by atoms with Gasteiger partial charge >= 0.3 is 0 Å². The van der Waals surface area contributed by atoms with Crippen LogP contribution in [0.5, 0.6) is 5.75 Å². The average molecular weight is 500 g/mol. The Kier molecular flexibility index (Phi) is 8.20. The van der Waals surface area contributed by atoms with E-state index >= 15 is 0 Å². The van der Waals surface area contributed by atoms with E-state index in [-0.39, 0.29) is 22.5 Å². The van der Waals surface area contributed by atoms with Gasteiger partial charge in [-0.3, -0.25) is 14.5 Å². The topological polar surface area (TPSA) is 87.2 Å². The molecule has 35 heavy (non-hydrogen) atoms. The number of benzene rings is 2. The number of amides is 1. The van der Waals surface area contributed by atoms with Crippen LogP contribution in [0.25, 0.3) is 0 Å². The summed E-state index contributed by atoms with van der Waals surface area (Å²) in [6.45, 7) is 6.44. The van der Waals surface area contributed by atoms with Crippen molar-refractivity contribution in [1.82, 2.24) is 14.1 Å². The predicted molar refractivity (Wildman–Crippen MR) is 133 cm³/mol. The van der Waals surface area contributed by atoms with Crippen molar-refractivity contribution in [3.63, 3.8) is 0 Å². The zero-order valence-corrected chi connectivity index (χ0v) is 21.0. The van der Waals surface area contributed by atoms with Gasteiger partial charge in [-0.05, 0) is 44.0 Å². The number of sulfonamides is 1. The molecule has 0 N–H and O–H groups in total. The van der Waals surface area contributed by atoms with Crippen LogP contribution in [0.1, 0.15) is 30.1 Å². The van der Waals surface area contributed by atoms with Gasteiger partial charge < -0.3 is 9.64 Å². The molecule has 0 atom stereocenters. The summed E-state index contributed by atoms with van der Waals surface area (Å²) in [6, 6.07) is 15.9. The number of hydrogen-bond donors (Lipinski definition) is 0. The second-order valence-corrected chi connectivity index (χ2v) is 11.0. The Labute approximate surface area is 207 Å². The van der Waals surface area contributed by atoms with Crippen LogP contribution in [0.15, 0.2) is 59.5 Å². The van der Waals surface area contributed by atoms with E-state index in [0.29, 0.717) is 51.2 Å². The molecule has 188 valence electrons. The van der Waals surface area contributed by atoms with E-state index in [0.717, 1.165) is 25.4 Å². The molecule has 2 heterocycles. The van der Waals surface area contributed by atoms with Crippen molar-refractivity contribution in [3.05, 3.63) is 60.2 Å². The molecule has 0 spiro atoms. The summed E-state index contributed by atoms with van der Waals surface area (Å²) >= 11 is 0. The molecule has 0 aliphatic carbocycles. The predicted octanol–water partition coefficient (Wildman–Crippen LogP) is 2.51. The third-order valence-corrected chi connectivity index (χ3v) is 8.68. The van der Waals surface area contributed by atoms with Crippen LogP contribution in [-0.4, -0.2) is 86.6 Å². The molecule has 2 aromatic carbocycles. The van der Waals surface area contributed by atoms with Gasteiger partial charge in [-0.2, -0.15) is 4.31 Å². The monoisotopic (exact) mass is 499 g/mol. The Bertz CT molecular complexity index is 1120. The molecule has 2 aliphatic heterocycles. The molecule has 8 nitrogen and oxygen atoms in total. The number of carbonyl (C=O) groups is 2. The van der Waals surface area contributed by atoms with E-state index in [1.807, 2.05) is 35.2 Å². The van der Waals surface area contributed by atoms with Gasteiger partial charge in [-0.15, -0.1) is 0 Å². The minimum Gasteiger partial charge on any atom is -0.492 e. The highest BCUT2D eigenvalue weighted by molar-refractivity contribution is 7.89. The zero-order chi connectivity index (χ0) is 24.8. The molecule has 1 amide bonds. The number of nitrogens with zero attached hydrogens (tertiary/aromatic N) is 3. The van der Waals surface area contributed by atoms with Gasteiger partial charge in [-0.25, -0.2) is 8.42 Å². The number of para-hydroxylation sites is 1. The van der Waals surface area contributed by atoms with Gasteiger partial charge in [0.05, 0.1) is 4.90 Å². The van der Waals surface area contributed by atoms with Crippen molar-refractivity contribution in [1.29, 1.82) is 0 Å². The number of ketones is 1. The van der Waals surface area contributed by atoms with E-state index in [4.69, 9.17) is 4.74 Å². The number of ether oxygens (including phenoxy) is 1. The molecule has 2 aromatic rings. The first-order valence-corrected chi connectivity index (χ1v) is 13.6. The van der Waals surface area contributed by atoms with E-state index in [1.54, 1.807) is 12.1 Å². The summed E-state index contributed by atoms with van der Waals surface area (Å²) in [6.07, 6.45) is 1.02. The van der Waals surface area contributed by atoms with Crippen molar-refractivity contribution in [2.75, 3.05) is 52.4 Å². The van der Waals surface area contributed by atoms with Crippen LogP contribution < -0.4 is 4.74 Å². The lowest BCUT2D eigenvalue weighted by Crippen LogP contribution is -2.52. The molecule has 2 saturated heterocycles. The summed E-state index contributed by atoms with van der Waals surface area (Å²) < 4.78 is 33.3. The molecule has 2 fully saturated rings. The largest absolute Gasteiger partial charge is 0.492 e. The lowest BCUT2D eigenvalue weighted by Gasteiger charge is -2.38. The van der Waals surface area contributed by atoms with Gasteiger partial charge in [0.1, 0.15) is 12.4 Å². The number of carbonyl (C=O) groups excluding carboxylic acids is 2. The van der Waals surface area contributed by atoms with Gasteiger partial charge in [0, 0.05) is 57.3 Å². The highest BCUT2D eigenvalue weighted by Crippen LogP contribution is 2.26. The van der Waals surface area contributed by atoms with Crippen LogP contribution in [0.4, 0.5) is 0 Å². The second-order valence-electron chi connectivity index (χ2n) is 9.09. The minimum atomic E-state index is -3.69. The number of rotatable bonds is 8. The summed E-state index contributed by atoms with van der Waals surface area (Å²) in [7, 11) is -3.69. The summed E-state index contributed by atoms with van der Waals surface area (Å²) in [4.78, 5) is 29.1. The fraction of sp³-hybridized carbons (Fsp3) is 0.462. The first-order valence-electron chi connectivity index (χ1n) is 12.1. The highest BCUT2D eigenvalue weighted by Gasteiger charge is 2.34. The molecular weight excluding hydrogens is 466 g/mol. The molecule has 0 aromatic heterocycles. The van der Waals surface area contributed by atoms with E-state index in [9.17, 15) is 18.0 Å². The first-order chi connectivity index (χ1) is 16.8. The lowest BCUT2D eigenvalue weighted by atomic mass is 9.96. The minimum absolute atomic E-state index is 0.126. The molecule has 0 saturated carbocycles.